The van der Waals surface area contributed by atoms with Gasteiger partial charge in [0.25, 0.3) is 0 Å². The Morgan fingerprint density at radius 3 is 0.840 bits per heavy atom. The highest BCUT2D eigenvalue weighted by Gasteiger charge is 2.35. The zero-order valence-corrected chi connectivity index (χ0v) is 28.8. The topological polar surface area (TPSA) is 99.3 Å². The van der Waals surface area contributed by atoms with Crippen molar-refractivity contribution in [1.29, 1.82) is 0 Å². The number of aliphatic hydroxyl groups is 2. The van der Waals surface area contributed by atoms with E-state index in [9.17, 15) is 19.8 Å². The molecule has 6 aromatic rings. The quantitative estimate of drug-likeness (QED) is 0.125. The molecule has 6 heteroatoms. The minimum atomic E-state index is -1.37. The van der Waals surface area contributed by atoms with E-state index < -0.39 is 11.2 Å². The summed E-state index contributed by atoms with van der Waals surface area (Å²) in [7, 11) is 0. The maximum absolute atomic E-state index is 12.2. The smallest absolute Gasteiger partial charge is 0.140 e. The van der Waals surface area contributed by atoms with E-state index in [1.165, 1.54) is 27.7 Å². The number of ketones is 2. The molecule has 0 aliphatic rings. The Bertz CT molecular complexity index is 1760. The average Bonchev–Trinajstić information content (AvgIpc) is 3.14. The Balaban J connectivity index is 0.000000637. The van der Waals surface area contributed by atoms with Gasteiger partial charge in [-0.15, -0.1) is 0 Å². The molecule has 0 fully saturated rings. The normalized spacial score (nSPS) is 11.1. The summed E-state index contributed by atoms with van der Waals surface area (Å²) in [6.07, 6.45) is 0. The molecule has 2 N–H and O–H groups in total. The molecule has 6 rings (SSSR count). The molecule has 0 aliphatic carbocycles. The van der Waals surface area contributed by atoms with Crippen LogP contribution in [0.25, 0.3) is 0 Å². The van der Waals surface area contributed by atoms with Crippen LogP contribution in [-0.4, -0.2) is 21.8 Å². The number of azo groups is 1. The van der Waals surface area contributed by atoms with E-state index in [-0.39, 0.29) is 11.6 Å². The molecule has 0 saturated heterocycles. The van der Waals surface area contributed by atoms with Crippen molar-refractivity contribution in [1.82, 2.24) is 0 Å². The van der Waals surface area contributed by atoms with Crippen molar-refractivity contribution in [2.75, 3.05) is 0 Å². The van der Waals surface area contributed by atoms with Gasteiger partial charge in [-0.3, -0.25) is 0 Å². The van der Waals surface area contributed by atoms with Gasteiger partial charge in [0.15, 0.2) is 0 Å². The number of hydrogen-bond acceptors (Lipinski definition) is 6. The van der Waals surface area contributed by atoms with Crippen molar-refractivity contribution < 1.29 is 19.8 Å². The van der Waals surface area contributed by atoms with Crippen LogP contribution in [0.2, 0.25) is 0 Å². The van der Waals surface area contributed by atoms with Crippen LogP contribution in [0.15, 0.2) is 180 Å². The van der Waals surface area contributed by atoms with E-state index in [2.05, 4.69) is 10.2 Å². The lowest BCUT2D eigenvalue weighted by Crippen LogP contribution is -2.28. The Kier molecular flexibility index (Phi) is 13.0. The van der Waals surface area contributed by atoms with Gasteiger partial charge in [-0.25, -0.2) is 0 Å². The third-order valence-corrected chi connectivity index (χ3v) is 7.58. The van der Waals surface area contributed by atoms with Gasteiger partial charge in [-0.05, 0) is 85.3 Å². The fraction of sp³-hybridized carbons (Fsp3) is 0.136. The lowest BCUT2D eigenvalue weighted by atomic mass is 9.80. The summed E-state index contributed by atoms with van der Waals surface area (Å²) in [5.74, 6) is 0.333. The highest BCUT2D eigenvalue weighted by molar-refractivity contribution is 5.72. The summed E-state index contributed by atoms with van der Waals surface area (Å²) in [4.78, 5) is 18.9. The minimum absolute atomic E-state index is 0.167. The van der Waals surface area contributed by atoms with Crippen LogP contribution in [0.3, 0.4) is 0 Å². The van der Waals surface area contributed by atoms with E-state index in [1.54, 1.807) is 0 Å². The maximum atomic E-state index is 12.2. The first-order valence-electron chi connectivity index (χ1n) is 16.3. The predicted molar refractivity (Wildman–Crippen MR) is 200 cm³/mol. The van der Waals surface area contributed by atoms with Gasteiger partial charge in [0, 0.05) is 0 Å². The monoisotopic (exact) mass is 662 g/mol. The third kappa shape index (κ3) is 9.41. The molecule has 50 heavy (non-hydrogen) atoms. The summed E-state index contributed by atoms with van der Waals surface area (Å²) < 4.78 is 0. The average molecular weight is 663 g/mol. The first-order valence-corrected chi connectivity index (χ1v) is 16.3. The first kappa shape index (κ1) is 37.0. The van der Waals surface area contributed by atoms with Crippen molar-refractivity contribution in [3.8, 4) is 0 Å². The summed E-state index contributed by atoms with van der Waals surface area (Å²) in [6.45, 7) is 6.11. The molecule has 0 amide bonds. The largest absolute Gasteiger partial charge is 0.376 e. The molecule has 0 aliphatic heterocycles. The SMILES string of the molecule is CC(C)=O.CC(C)=O.OC(c1ccccc1)(c1ccccc1)c1cccc(N=Nc2cccc(C(O)(c3ccccc3)c3ccccc3)c2)c1. The van der Waals surface area contributed by atoms with Gasteiger partial charge in [-0.1, -0.05) is 146 Å². The Morgan fingerprint density at radius 2 is 0.600 bits per heavy atom. The number of rotatable bonds is 8. The van der Waals surface area contributed by atoms with Crippen molar-refractivity contribution in [3.05, 3.63) is 203 Å². The molecule has 6 nitrogen and oxygen atoms in total. The van der Waals surface area contributed by atoms with Crippen LogP contribution in [0.4, 0.5) is 11.4 Å². The molecule has 0 saturated carbocycles. The zero-order chi connectivity index (χ0) is 36.0. The van der Waals surface area contributed by atoms with Crippen LogP contribution in [-0.2, 0) is 20.8 Å². The van der Waals surface area contributed by atoms with Crippen LogP contribution < -0.4 is 0 Å². The molecule has 6 aromatic carbocycles. The molecule has 0 atom stereocenters. The van der Waals surface area contributed by atoms with Crippen molar-refractivity contribution >= 4 is 22.9 Å². The molecule has 0 aromatic heterocycles. The van der Waals surface area contributed by atoms with Crippen LogP contribution >= 0.6 is 0 Å². The fourth-order valence-corrected chi connectivity index (χ4v) is 5.42. The van der Waals surface area contributed by atoms with Crippen molar-refractivity contribution in [3.63, 3.8) is 0 Å². The van der Waals surface area contributed by atoms with E-state index >= 15 is 0 Å². The molecule has 0 unspecified atom stereocenters. The molecule has 252 valence electrons. The second-order valence-electron chi connectivity index (χ2n) is 12.0. The first-order chi connectivity index (χ1) is 24.0. The van der Waals surface area contributed by atoms with Gasteiger partial charge >= 0.3 is 0 Å². The predicted octanol–water partition coefficient (Wildman–Crippen LogP) is 9.86. The van der Waals surface area contributed by atoms with Crippen molar-refractivity contribution in [2.45, 2.75) is 38.9 Å². The Hall–Kier alpha value is -5.82. The standard InChI is InChI=1S/C38H30N2O2.2C3H6O/c41-37(29-15-5-1-6-16-29,30-17-7-2-8-18-30)33-23-13-25-35(27-33)39-40-36-26-14-24-34(28-36)38(42,31-19-9-3-10-20-31)32-21-11-4-12-22-32;2*1-3(2)4/h1-28,41-42H;2*1-2H3. The van der Waals surface area contributed by atoms with Crippen LogP contribution in [0.1, 0.15) is 61.1 Å². The number of Topliss-reactive ketones (excluding diaryl/α,β-unsaturated/α-hetero) is 2. The Labute approximate surface area is 294 Å². The van der Waals surface area contributed by atoms with Gasteiger partial charge in [0.1, 0.15) is 22.8 Å². The summed E-state index contributed by atoms with van der Waals surface area (Å²) >= 11 is 0. The summed E-state index contributed by atoms with van der Waals surface area (Å²) in [5.41, 5.74) is 2.90. The molecule has 0 spiro atoms. The third-order valence-electron chi connectivity index (χ3n) is 7.58. The maximum Gasteiger partial charge on any atom is 0.140 e. The van der Waals surface area contributed by atoms with E-state index in [0.717, 1.165) is 22.3 Å². The number of carbonyl (C=O) groups is 2. The lowest BCUT2D eigenvalue weighted by molar-refractivity contribution is -0.115. The van der Waals surface area contributed by atoms with Gasteiger partial charge in [0.05, 0.1) is 11.4 Å². The van der Waals surface area contributed by atoms with E-state index in [0.29, 0.717) is 22.5 Å². The Morgan fingerprint density at radius 1 is 0.380 bits per heavy atom. The van der Waals surface area contributed by atoms with Crippen LogP contribution in [0, 0.1) is 0 Å². The van der Waals surface area contributed by atoms with Crippen molar-refractivity contribution in [2.24, 2.45) is 10.2 Å². The van der Waals surface area contributed by atoms with Gasteiger partial charge < -0.3 is 19.8 Å². The number of carbonyl (C=O) groups excluding carboxylic acids is 2. The lowest BCUT2D eigenvalue weighted by Gasteiger charge is -2.30. The number of nitrogens with zero attached hydrogens (tertiary/aromatic N) is 2. The number of hydrogen-bond donors (Lipinski definition) is 2. The second-order valence-corrected chi connectivity index (χ2v) is 12.0. The summed E-state index contributed by atoms with van der Waals surface area (Å²) in [5, 5.41) is 33.4. The molecule has 0 bridgehead atoms. The van der Waals surface area contributed by atoms with E-state index in [4.69, 9.17) is 0 Å². The second kappa shape index (κ2) is 17.5. The minimum Gasteiger partial charge on any atom is -0.376 e. The molecular weight excluding hydrogens is 620 g/mol. The molecular formula is C44H42N2O4. The molecule has 0 heterocycles. The van der Waals surface area contributed by atoms with E-state index in [1.807, 2.05) is 170 Å². The molecule has 0 radical (unpaired) electrons. The van der Waals surface area contributed by atoms with Crippen LogP contribution in [0.5, 0.6) is 0 Å². The van der Waals surface area contributed by atoms with Gasteiger partial charge in [-0.2, -0.15) is 10.2 Å². The fourth-order valence-electron chi connectivity index (χ4n) is 5.42. The van der Waals surface area contributed by atoms with Gasteiger partial charge in [0.2, 0.25) is 0 Å². The highest BCUT2D eigenvalue weighted by Crippen LogP contribution is 2.39. The zero-order valence-electron chi connectivity index (χ0n) is 28.8. The summed E-state index contributed by atoms with van der Waals surface area (Å²) in [6, 6.07) is 53.5. The number of benzene rings is 6. The highest BCUT2D eigenvalue weighted by atomic mass is 16.3.